The van der Waals surface area contributed by atoms with E-state index in [0.29, 0.717) is 21.8 Å². The van der Waals surface area contributed by atoms with Crippen LogP contribution >= 0.6 is 11.6 Å². The number of hydrogen-bond acceptors (Lipinski definition) is 3. The monoisotopic (exact) mass is 298 g/mol. The van der Waals surface area contributed by atoms with Crippen molar-refractivity contribution >= 4 is 11.6 Å². The fraction of sp³-hybridized carbons (Fsp3) is 0. The summed E-state index contributed by atoms with van der Waals surface area (Å²) in [6, 6.07) is 13.5. The number of rotatable bonds is 2. The molecule has 1 aromatic heterocycles. The number of nitriles is 1. The first kappa shape index (κ1) is 13.3. The van der Waals surface area contributed by atoms with Gasteiger partial charge in [-0.3, -0.25) is 0 Å². The van der Waals surface area contributed by atoms with E-state index in [2.05, 4.69) is 15.4 Å². The molecule has 0 amide bonds. The van der Waals surface area contributed by atoms with Crippen LogP contribution in [0.5, 0.6) is 0 Å². The Hall–Kier alpha value is -2.71. The summed E-state index contributed by atoms with van der Waals surface area (Å²) in [7, 11) is 0. The summed E-state index contributed by atoms with van der Waals surface area (Å²) in [6.07, 6.45) is 0. The summed E-state index contributed by atoms with van der Waals surface area (Å²) in [5, 5.41) is 19.5. The fourth-order valence-corrected chi connectivity index (χ4v) is 2.17. The molecular formula is C15H8ClFN4. The van der Waals surface area contributed by atoms with E-state index < -0.39 is 5.82 Å². The van der Waals surface area contributed by atoms with Crippen LogP contribution in [0.2, 0.25) is 5.02 Å². The van der Waals surface area contributed by atoms with Crippen LogP contribution in [0.4, 0.5) is 4.39 Å². The van der Waals surface area contributed by atoms with Crippen molar-refractivity contribution in [3.63, 3.8) is 0 Å². The molecule has 6 heteroatoms. The normalized spacial score (nSPS) is 10.3. The van der Waals surface area contributed by atoms with Crippen LogP contribution in [0.15, 0.2) is 42.5 Å². The Kier molecular flexibility index (Phi) is 3.38. The van der Waals surface area contributed by atoms with Crippen molar-refractivity contribution in [1.82, 2.24) is 15.4 Å². The minimum Gasteiger partial charge on any atom is -0.247 e. The second kappa shape index (κ2) is 5.35. The van der Waals surface area contributed by atoms with Crippen LogP contribution in [0.1, 0.15) is 5.69 Å². The largest absolute Gasteiger partial charge is 0.247 e. The van der Waals surface area contributed by atoms with E-state index in [1.54, 1.807) is 30.3 Å². The number of nitrogens with zero attached hydrogens (tertiary/aromatic N) is 3. The minimum atomic E-state index is -0.413. The molecule has 1 N–H and O–H groups in total. The van der Waals surface area contributed by atoms with Gasteiger partial charge in [0.15, 0.2) is 5.69 Å². The fourth-order valence-electron chi connectivity index (χ4n) is 2.04. The minimum absolute atomic E-state index is 0.197. The molecule has 21 heavy (non-hydrogen) atoms. The second-order valence-electron chi connectivity index (χ2n) is 4.38. The van der Waals surface area contributed by atoms with Gasteiger partial charge >= 0.3 is 0 Å². The van der Waals surface area contributed by atoms with Gasteiger partial charge in [-0.05, 0) is 41.5 Å². The van der Waals surface area contributed by atoms with Crippen molar-refractivity contribution in [2.75, 3.05) is 0 Å². The molecule has 0 radical (unpaired) electrons. The second-order valence-corrected chi connectivity index (χ2v) is 4.82. The number of aromatic amines is 1. The first-order chi connectivity index (χ1) is 10.2. The third kappa shape index (κ3) is 2.62. The van der Waals surface area contributed by atoms with Gasteiger partial charge in [-0.15, -0.1) is 5.10 Å². The highest BCUT2D eigenvalue weighted by Gasteiger charge is 2.12. The Morgan fingerprint density at radius 2 is 1.76 bits per heavy atom. The number of hydrogen-bond donors (Lipinski definition) is 1. The first-order valence-corrected chi connectivity index (χ1v) is 6.43. The molecule has 0 saturated heterocycles. The highest BCUT2D eigenvalue weighted by Crippen LogP contribution is 2.28. The van der Waals surface area contributed by atoms with Gasteiger partial charge in [-0.1, -0.05) is 28.9 Å². The Morgan fingerprint density at radius 1 is 1.05 bits per heavy atom. The molecule has 4 nitrogen and oxygen atoms in total. The maximum absolute atomic E-state index is 13.9. The standard InChI is InChI=1S/C15H8ClFN4/c16-12-3-1-9(2-4-12)10-5-11(7-13(17)6-10)15-14(8-18)19-21-20-15/h1-7H,(H,19,20,21). The van der Waals surface area contributed by atoms with Crippen LogP contribution in [0, 0.1) is 17.1 Å². The molecule has 0 spiro atoms. The van der Waals surface area contributed by atoms with E-state index in [9.17, 15) is 4.39 Å². The summed E-state index contributed by atoms with van der Waals surface area (Å²) in [5.41, 5.74) is 2.51. The summed E-state index contributed by atoms with van der Waals surface area (Å²) >= 11 is 5.85. The summed E-state index contributed by atoms with van der Waals surface area (Å²) in [4.78, 5) is 0. The average Bonchev–Trinajstić information content (AvgIpc) is 2.96. The molecule has 0 atom stereocenters. The number of nitrogens with one attached hydrogen (secondary N) is 1. The Morgan fingerprint density at radius 3 is 2.48 bits per heavy atom. The lowest BCUT2D eigenvalue weighted by atomic mass is 10.0. The molecule has 0 saturated carbocycles. The lowest BCUT2D eigenvalue weighted by molar-refractivity contribution is 0.629. The van der Waals surface area contributed by atoms with Crippen molar-refractivity contribution in [1.29, 1.82) is 5.26 Å². The molecule has 0 unspecified atom stereocenters. The molecule has 3 aromatic rings. The van der Waals surface area contributed by atoms with Gasteiger partial charge in [0.05, 0.1) is 0 Å². The zero-order chi connectivity index (χ0) is 14.8. The topological polar surface area (TPSA) is 65.4 Å². The number of aromatic nitrogens is 3. The van der Waals surface area contributed by atoms with Crippen molar-refractivity contribution in [2.45, 2.75) is 0 Å². The Bertz CT molecular complexity index is 834. The van der Waals surface area contributed by atoms with Crippen LogP contribution in [0.3, 0.4) is 0 Å². The van der Waals surface area contributed by atoms with E-state index in [1.165, 1.54) is 12.1 Å². The van der Waals surface area contributed by atoms with Crippen molar-refractivity contribution < 1.29 is 4.39 Å². The summed E-state index contributed by atoms with van der Waals surface area (Å²) < 4.78 is 13.9. The third-order valence-corrected chi connectivity index (χ3v) is 3.26. The van der Waals surface area contributed by atoms with Crippen LogP contribution in [-0.4, -0.2) is 15.4 Å². The van der Waals surface area contributed by atoms with E-state index >= 15 is 0 Å². The van der Waals surface area contributed by atoms with Gasteiger partial charge in [-0.25, -0.2) is 9.49 Å². The van der Waals surface area contributed by atoms with Gasteiger partial charge in [0, 0.05) is 10.6 Å². The Balaban J connectivity index is 2.13. The third-order valence-electron chi connectivity index (χ3n) is 3.01. The summed E-state index contributed by atoms with van der Waals surface area (Å²) in [6.45, 7) is 0. The predicted octanol–water partition coefficient (Wildman–Crippen LogP) is 3.80. The molecule has 0 bridgehead atoms. The Labute approximate surface area is 124 Å². The predicted molar refractivity (Wildman–Crippen MR) is 76.9 cm³/mol. The molecule has 0 aliphatic rings. The number of halogens is 2. The zero-order valence-corrected chi connectivity index (χ0v) is 11.4. The molecule has 2 aromatic carbocycles. The maximum atomic E-state index is 13.9. The molecule has 0 aliphatic carbocycles. The van der Waals surface area contributed by atoms with Crippen LogP contribution in [-0.2, 0) is 0 Å². The lowest BCUT2D eigenvalue weighted by Crippen LogP contribution is -1.87. The van der Waals surface area contributed by atoms with Gasteiger partial charge in [0.1, 0.15) is 17.6 Å². The SMILES string of the molecule is N#Cc1[nH]nnc1-c1cc(F)cc(-c2ccc(Cl)cc2)c1. The molecule has 3 rings (SSSR count). The van der Waals surface area contributed by atoms with Gasteiger partial charge in [0.2, 0.25) is 0 Å². The van der Waals surface area contributed by atoms with Crippen molar-refractivity contribution in [3.05, 3.63) is 59.0 Å². The first-order valence-electron chi connectivity index (χ1n) is 6.05. The highest BCUT2D eigenvalue weighted by atomic mass is 35.5. The maximum Gasteiger partial charge on any atom is 0.163 e. The number of benzene rings is 2. The molecular weight excluding hydrogens is 291 g/mol. The smallest absolute Gasteiger partial charge is 0.163 e. The van der Waals surface area contributed by atoms with Gasteiger partial charge in [-0.2, -0.15) is 5.26 Å². The highest BCUT2D eigenvalue weighted by molar-refractivity contribution is 6.30. The average molecular weight is 299 g/mol. The summed E-state index contributed by atoms with van der Waals surface area (Å²) in [5.74, 6) is -0.413. The van der Waals surface area contributed by atoms with Crippen molar-refractivity contribution in [2.24, 2.45) is 0 Å². The quantitative estimate of drug-likeness (QED) is 0.782. The van der Waals surface area contributed by atoms with Gasteiger partial charge < -0.3 is 0 Å². The van der Waals surface area contributed by atoms with E-state index in [0.717, 1.165) is 5.56 Å². The molecule has 1 heterocycles. The molecule has 0 fully saturated rings. The van der Waals surface area contributed by atoms with Crippen LogP contribution in [0.25, 0.3) is 22.4 Å². The molecule has 0 aliphatic heterocycles. The van der Waals surface area contributed by atoms with E-state index in [-0.39, 0.29) is 5.69 Å². The number of H-pyrrole nitrogens is 1. The van der Waals surface area contributed by atoms with Crippen LogP contribution < -0.4 is 0 Å². The van der Waals surface area contributed by atoms with E-state index in [4.69, 9.17) is 16.9 Å². The van der Waals surface area contributed by atoms with Crippen molar-refractivity contribution in [3.8, 4) is 28.5 Å². The van der Waals surface area contributed by atoms with Gasteiger partial charge in [0.25, 0.3) is 0 Å². The van der Waals surface area contributed by atoms with E-state index in [1.807, 2.05) is 6.07 Å². The zero-order valence-electron chi connectivity index (χ0n) is 10.6. The lowest BCUT2D eigenvalue weighted by Gasteiger charge is -2.05. The molecule has 102 valence electrons.